The lowest BCUT2D eigenvalue weighted by atomic mass is 10.4. The SMILES string of the molecule is NC(=NCl)C1CC1. The summed E-state index contributed by atoms with van der Waals surface area (Å²) in [5, 5.41) is 0. The van der Waals surface area contributed by atoms with E-state index in [1.165, 1.54) is 12.8 Å². The van der Waals surface area contributed by atoms with E-state index in [2.05, 4.69) is 4.51 Å². The molecule has 2 nitrogen and oxygen atoms in total. The van der Waals surface area contributed by atoms with Gasteiger partial charge in [0.2, 0.25) is 0 Å². The van der Waals surface area contributed by atoms with Gasteiger partial charge in [0, 0.05) is 17.7 Å². The largest absolute Gasteiger partial charge is 0.386 e. The van der Waals surface area contributed by atoms with Crippen molar-refractivity contribution in [2.45, 2.75) is 12.8 Å². The lowest BCUT2D eigenvalue weighted by Gasteiger charge is -1.85. The first kappa shape index (κ1) is 4.91. The molecule has 0 aliphatic heterocycles. The number of rotatable bonds is 1. The van der Waals surface area contributed by atoms with Gasteiger partial charge in [-0.05, 0) is 12.8 Å². The Morgan fingerprint density at radius 3 is 2.43 bits per heavy atom. The Balaban J connectivity index is 2.37. The maximum absolute atomic E-state index is 5.30. The maximum Gasteiger partial charge on any atom is 0.117 e. The molecule has 0 atom stereocenters. The molecule has 0 heterocycles. The second kappa shape index (κ2) is 1.70. The third-order valence-electron chi connectivity index (χ3n) is 1.09. The maximum atomic E-state index is 5.30. The van der Waals surface area contributed by atoms with Crippen molar-refractivity contribution >= 4 is 17.6 Å². The molecule has 1 rings (SSSR count). The first-order valence-corrected chi connectivity index (χ1v) is 2.62. The molecule has 0 aromatic carbocycles. The van der Waals surface area contributed by atoms with Crippen LogP contribution in [-0.2, 0) is 0 Å². The third-order valence-corrected chi connectivity index (χ3v) is 1.29. The van der Waals surface area contributed by atoms with Crippen molar-refractivity contribution in [3.8, 4) is 0 Å². The number of nitrogens with zero attached hydrogens (tertiary/aromatic N) is 1. The molecule has 40 valence electrons. The highest BCUT2D eigenvalue weighted by atomic mass is 35.5. The van der Waals surface area contributed by atoms with Gasteiger partial charge in [-0.2, -0.15) is 4.51 Å². The Morgan fingerprint density at radius 2 is 2.29 bits per heavy atom. The molecule has 1 saturated carbocycles. The summed E-state index contributed by atoms with van der Waals surface area (Å²) >= 11 is 5.05. The van der Waals surface area contributed by atoms with E-state index in [1.54, 1.807) is 0 Å². The van der Waals surface area contributed by atoms with Gasteiger partial charge in [0.05, 0.1) is 0 Å². The molecule has 0 spiro atoms. The Kier molecular flexibility index (Phi) is 1.19. The van der Waals surface area contributed by atoms with Crippen molar-refractivity contribution < 1.29 is 0 Å². The highest BCUT2D eigenvalue weighted by molar-refractivity contribution is 6.20. The predicted molar refractivity (Wildman–Crippen MR) is 30.2 cm³/mol. The van der Waals surface area contributed by atoms with Crippen LogP contribution >= 0.6 is 11.8 Å². The van der Waals surface area contributed by atoms with Gasteiger partial charge in [0.25, 0.3) is 0 Å². The highest BCUT2D eigenvalue weighted by Gasteiger charge is 2.25. The van der Waals surface area contributed by atoms with E-state index in [-0.39, 0.29) is 0 Å². The number of hydrogen-bond donors (Lipinski definition) is 1. The number of hydrogen-bond acceptors (Lipinski definition) is 1. The lowest BCUT2D eigenvalue weighted by molar-refractivity contribution is 1.17. The summed E-state index contributed by atoms with van der Waals surface area (Å²) in [6.45, 7) is 0. The molecule has 7 heavy (non-hydrogen) atoms. The summed E-state index contributed by atoms with van der Waals surface area (Å²) in [7, 11) is 0. The van der Waals surface area contributed by atoms with Crippen molar-refractivity contribution in [1.29, 1.82) is 0 Å². The van der Waals surface area contributed by atoms with E-state index in [0.717, 1.165) is 0 Å². The first-order valence-electron chi connectivity index (χ1n) is 2.29. The molecular formula is C4H7ClN2. The van der Waals surface area contributed by atoms with E-state index in [0.29, 0.717) is 11.8 Å². The van der Waals surface area contributed by atoms with Gasteiger partial charge in [-0.1, -0.05) is 0 Å². The Hall–Kier alpha value is -0.240. The van der Waals surface area contributed by atoms with Gasteiger partial charge in [-0.3, -0.25) is 0 Å². The normalized spacial score (nSPS) is 22.7. The monoisotopic (exact) mass is 118 g/mol. The minimum absolute atomic E-state index is 0.512. The van der Waals surface area contributed by atoms with Gasteiger partial charge in [-0.25, -0.2) is 0 Å². The van der Waals surface area contributed by atoms with Crippen LogP contribution < -0.4 is 5.73 Å². The molecule has 0 radical (unpaired) electrons. The van der Waals surface area contributed by atoms with Gasteiger partial charge < -0.3 is 5.73 Å². The zero-order valence-electron chi connectivity index (χ0n) is 3.89. The molecule has 1 aliphatic rings. The van der Waals surface area contributed by atoms with E-state index < -0.39 is 0 Å². The Labute approximate surface area is 47.5 Å². The smallest absolute Gasteiger partial charge is 0.117 e. The van der Waals surface area contributed by atoms with Crippen LogP contribution in [0.4, 0.5) is 0 Å². The second-order valence-corrected chi connectivity index (χ2v) is 1.95. The molecule has 3 heteroatoms. The summed E-state index contributed by atoms with van der Waals surface area (Å²) in [4.78, 5) is 0. The van der Waals surface area contributed by atoms with Crippen molar-refractivity contribution in [1.82, 2.24) is 0 Å². The zero-order chi connectivity index (χ0) is 5.28. The van der Waals surface area contributed by atoms with Crippen molar-refractivity contribution in [2.24, 2.45) is 16.2 Å². The standard InChI is InChI=1S/C4H7ClN2/c5-7-4(6)3-1-2-3/h3H,1-2H2,(H2,6,7). The van der Waals surface area contributed by atoms with Crippen LogP contribution in [0.1, 0.15) is 12.8 Å². The molecule has 1 aliphatic carbocycles. The second-order valence-electron chi connectivity index (χ2n) is 1.78. The molecule has 0 bridgehead atoms. The van der Waals surface area contributed by atoms with Crippen LogP contribution in [0.15, 0.2) is 4.51 Å². The molecular weight excluding hydrogens is 112 g/mol. The first-order chi connectivity index (χ1) is 3.34. The zero-order valence-corrected chi connectivity index (χ0v) is 4.65. The fourth-order valence-corrected chi connectivity index (χ4v) is 0.586. The molecule has 0 aromatic rings. The summed E-state index contributed by atoms with van der Waals surface area (Å²) in [5.41, 5.74) is 5.30. The number of halogens is 1. The van der Waals surface area contributed by atoms with Crippen molar-refractivity contribution in [2.75, 3.05) is 0 Å². The fraction of sp³-hybridized carbons (Fsp3) is 0.750. The van der Waals surface area contributed by atoms with E-state index >= 15 is 0 Å². The average molecular weight is 119 g/mol. The summed E-state index contributed by atoms with van der Waals surface area (Å²) < 4.78 is 3.32. The highest BCUT2D eigenvalue weighted by Crippen LogP contribution is 2.28. The van der Waals surface area contributed by atoms with E-state index in [9.17, 15) is 0 Å². The average Bonchev–Trinajstić information content (AvgIpc) is 2.44. The Bertz CT molecular complexity index is 95.9. The fourth-order valence-electron chi connectivity index (χ4n) is 0.448. The van der Waals surface area contributed by atoms with Gasteiger partial charge in [-0.15, -0.1) is 0 Å². The van der Waals surface area contributed by atoms with Crippen molar-refractivity contribution in [3.63, 3.8) is 0 Å². The van der Waals surface area contributed by atoms with E-state index in [4.69, 9.17) is 17.5 Å². The molecule has 0 unspecified atom stereocenters. The van der Waals surface area contributed by atoms with Crippen LogP contribution in [0.2, 0.25) is 0 Å². The third kappa shape index (κ3) is 1.06. The van der Waals surface area contributed by atoms with Crippen LogP contribution in [0.3, 0.4) is 0 Å². The minimum Gasteiger partial charge on any atom is -0.386 e. The van der Waals surface area contributed by atoms with Crippen LogP contribution in [0.25, 0.3) is 0 Å². The molecule has 0 amide bonds. The molecule has 1 fully saturated rings. The van der Waals surface area contributed by atoms with Crippen molar-refractivity contribution in [3.05, 3.63) is 0 Å². The topological polar surface area (TPSA) is 38.4 Å². The Morgan fingerprint density at radius 1 is 1.71 bits per heavy atom. The lowest BCUT2D eigenvalue weighted by Crippen LogP contribution is -2.11. The molecule has 0 aromatic heterocycles. The summed E-state index contributed by atoms with van der Waals surface area (Å²) in [5.74, 6) is 1.11. The van der Waals surface area contributed by atoms with Gasteiger partial charge in [0.1, 0.15) is 5.84 Å². The van der Waals surface area contributed by atoms with E-state index in [1.807, 2.05) is 0 Å². The molecule has 0 saturated heterocycles. The van der Waals surface area contributed by atoms with Gasteiger partial charge >= 0.3 is 0 Å². The van der Waals surface area contributed by atoms with Crippen LogP contribution in [0, 0.1) is 5.92 Å². The molecule has 2 N–H and O–H groups in total. The summed E-state index contributed by atoms with van der Waals surface area (Å²) in [6, 6.07) is 0. The van der Waals surface area contributed by atoms with Crippen LogP contribution in [-0.4, -0.2) is 5.84 Å². The van der Waals surface area contributed by atoms with Gasteiger partial charge in [0.15, 0.2) is 0 Å². The minimum atomic E-state index is 0.512. The predicted octanol–water partition coefficient (Wildman–Crippen LogP) is 0.907. The van der Waals surface area contributed by atoms with Crippen LogP contribution in [0.5, 0.6) is 0 Å². The number of amidine groups is 1. The number of nitrogens with two attached hydrogens (primary N) is 1. The summed E-state index contributed by atoms with van der Waals surface area (Å²) in [6.07, 6.45) is 2.34. The quantitative estimate of drug-likeness (QED) is 0.403.